The average molecular weight is 528 g/mol. The standard InChI is InChI=1S/C22H24BrClN2O6/c1-14(27)32-20-12-17(25-13-15-10-16(23)11-19(24)21(15)28)2-3-18(20)22(29)31-9-6-26-4-7-30-8-5-26/h2-3,10-12,25,28H,4-9,13H2,1H3. The molecular formula is C22H24BrClN2O6. The number of carbonyl (C=O) groups excluding carboxylic acids is 2. The first-order valence-corrected chi connectivity index (χ1v) is 11.2. The Balaban J connectivity index is 1.66. The van der Waals surface area contributed by atoms with Crippen molar-refractivity contribution < 1.29 is 28.9 Å². The fourth-order valence-corrected chi connectivity index (χ4v) is 4.04. The number of hydrogen-bond donors (Lipinski definition) is 2. The number of morpholine rings is 1. The number of anilines is 1. The van der Waals surface area contributed by atoms with Crippen LogP contribution in [0.5, 0.6) is 11.5 Å². The van der Waals surface area contributed by atoms with Crippen LogP contribution < -0.4 is 10.1 Å². The number of esters is 2. The summed E-state index contributed by atoms with van der Waals surface area (Å²) in [4.78, 5) is 26.3. The van der Waals surface area contributed by atoms with Gasteiger partial charge in [-0.05, 0) is 24.3 Å². The van der Waals surface area contributed by atoms with Crippen LogP contribution in [0.1, 0.15) is 22.8 Å². The zero-order chi connectivity index (χ0) is 23.1. The van der Waals surface area contributed by atoms with Crippen LogP contribution in [0, 0.1) is 0 Å². The van der Waals surface area contributed by atoms with Gasteiger partial charge in [0.1, 0.15) is 23.7 Å². The number of nitrogens with zero attached hydrogens (tertiary/aromatic N) is 1. The Labute approximate surface area is 199 Å². The van der Waals surface area contributed by atoms with Gasteiger partial charge in [-0.3, -0.25) is 9.69 Å². The summed E-state index contributed by atoms with van der Waals surface area (Å²) in [5.41, 5.74) is 1.31. The molecule has 0 atom stereocenters. The van der Waals surface area contributed by atoms with Gasteiger partial charge >= 0.3 is 11.9 Å². The minimum atomic E-state index is -0.572. The number of phenols is 1. The van der Waals surface area contributed by atoms with E-state index in [1.807, 2.05) is 0 Å². The molecule has 8 nitrogen and oxygen atoms in total. The zero-order valence-electron chi connectivity index (χ0n) is 17.5. The first-order chi connectivity index (χ1) is 15.3. The molecule has 1 heterocycles. The lowest BCUT2D eigenvalue weighted by molar-refractivity contribution is -0.131. The van der Waals surface area contributed by atoms with Crippen LogP contribution in [-0.4, -0.2) is 61.4 Å². The summed E-state index contributed by atoms with van der Waals surface area (Å²) in [5.74, 6) is -1.06. The van der Waals surface area contributed by atoms with Gasteiger partial charge in [-0.25, -0.2) is 4.79 Å². The highest BCUT2D eigenvalue weighted by molar-refractivity contribution is 9.10. The molecule has 172 valence electrons. The molecule has 0 saturated carbocycles. The van der Waals surface area contributed by atoms with Gasteiger partial charge in [0.05, 0.1) is 18.2 Å². The monoisotopic (exact) mass is 526 g/mol. The topological polar surface area (TPSA) is 97.3 Å². The highest BCUT2D eigenvalue weighted by Gasteiger charge is 2.18. The number of hydrogen-bond acceptors (Lipinski definition) is 8. The van der Waals surface area contributed by atoms with Crippen LogP contribution in [0.15, 0.2) is 34.8 Å². The highest BCUT2D eigenvalue weighted by Crippen LogP contribution is 2.32. The highest BCUT2D eigenvalue weighted by atomic mass is 79.9. The Kier molecular flexibility index (Phi) is 8.75. The second-order valence-electron chi connectivity index (χ2n) is 7.14. The maximum Gasteiger partial charge on any atom is 0.341 e. The Morgan fingerprint density at radius 3 is 2.72 bits per heavy atom. The van der Waals surface area contributed by atoms with Gasteiger partial charge in [-0.15, -0.1) is 0 Å². The van der Waals surface area contributed by atoms with Crippen LogP contribution in [0.25, 0.3) is 0 Å². The van der Waals surface area contributed by atoms with Crippen LogP contribution in [0.2, 0.25) is 5.02 Å². The van der Waals surface area contributed by atoms with E-state index in [1.54, 1.807) is 18.2 Å². The maximum atomic E-state index is 12.6. The third kappa shape index (κ3) is 6.83. The normalized spacial score (nSPS) is 14.1. The first kappa shape index (κ1) is 24.3. The summed E-state index contributed by atoms with van der Waals surface area (Å²) in [6.45, 7) is 5.29. The lowest BCUT2D eigenvalue weighted by Crippen LogP contribution is -2.38. The number of rotatable bonds is 8. The Morgan fingerprint density at radius 2 is 2.00 bits per heavy atom. The van der Waals surface area contributed by atoms with Crippen molar-refractivity contribution in [2.75, 3.05) is 44.8 Å². The molecule has 2 N–H and O–H groups in total. The fourth-order valence-electron chi connectivity index (χ4n) is 3.16. The summed E-state index contributed by atoms with van der Waals surface area (Å²) in [6, 6.07) is 8.07. The van der Waals surface area contributed by atoms with Gasteiger partial charge in [-0.1, -0.05) is 27.5 Å². The Morgan fingerprint density at radius 1 is 1.25 bits per heavy atom. The SMILES string of the molecule is CC(=O)Oc1cc(NCc2cc(Br)cc(Cl)c2O)ccc1C(=O)OCCN1CCOCC1. The fraction of sp³-hybridized carbons (Fsp3) is 0.364. The minimum absolute atomic E-state index is 0.0250. The lowest BCUT2D eigenvalue weighted by Gasteiger charge is -2.26. The van der Waals surface area contributed by atoms with E-state index in [2.05, 4.69) is 26.1 Å². The molecule has 0 unspecified atom stereocenters. The molecule has 1 aliphatic rings. The van der Waals surface area contributed by atoms with E-state index in [-0.39, 0.29) is 35.2 Å². The molecule has 2 aromatic carbocycles. The Bertz CT molecular complexity index is 981. The van der Waals surface area contributed by atoms with Gasteiger partial charge in [-0.2, -0.15) is 0 Å². The molecule has 1 aliphatic heterocycles. The molecule has 0 aliphatic carbocycles. The average Bonchev–Trinajstić information content (AvgIpc) is 2.75. The molecule has 10 heteroatoms. The summed E-state index contributed by atoms with van der Waals surface area (Å²) in [6.07, 6.45) is 0. The summed E-state index contributed by atoms with van der Waals surface area (Å²) in [5, 5.41) is 13.5. The number of halogens is 2. The van der Waals surface area contributed by atoms with Crippen LogP contribution in [-0.2, 0) is 20.8 Å². The van der Waals surface area contributed by atoms with Gasteiger partial charge in [0.25, 0.3) is 0 Å². The van der Waals surface area contributed by atoms with Gasteiger partial charge in [0.15, 0.2) is 0 Å². The molecule has 1 saturated heterocycles. The smallest absolute Gasteiger partial charge is 0.341 e. The predicted molar refractivity (Wildman–Crippen MR) is 123 cm³/mol. The van der Waals surface area contributed by atoms with Crippen molar-refractivity contribution in [3.8, 4) is 11.5 Å². The number of ether oxygens (including phenoxy) is 3. The van der Waals surface area contributed by atoms with Gasteiger partial charge in [0.2, 0.25) is 0 Å². The second kappa shape index (κ2) is 11.5. The molecule has 2 aromatic rings. The van der Waals surface area contributed by atoms with E-state index in [0.717, 1.165) is 17.6 Å². The number of aromatic hydroxyl groups is 1. The van der Waals surface area contributed by atoms with Gasteiger partial charge < -0.3 is 24.6 Å². The maximum absolute atomic E-state index is 12.6. The molecule has 32 heavy (non-hydrogen) atoms. The van der Waals surface area contributed by atoms with Crippen molar-refractivity contribution in [1.82, 2.24) is 4.90 Å². The summed E-state index contributed by atoms with van der Waals surface area (Å²) < 4.78 is 16.6. The molecule has 0 bridgehead atoms. The molecular weight excluding hydrogens is 504 g/mol. The number of carbonyl (C=O) groups is 2. The molecule has 0 spiro atoms. The van der Waals surface area contributed by atoms with Crippen LogP contribution in [0.3, 0.4) is 0 Å². The number of nitrogens with one attached hydrogen (secondary N) is 1. The van der Waals surface area contributed by atoms with E-state index < -0.39 is 11.9 Å². The van der Waals surface area contributed by atoms with E-state index >= 15 is 0 Å². The number of benzene rings is 2. The van der Waals surface area contributed by atoms with Crippen molar-refractivity contribution in [2.24, 2.45) is 0 Å². The van der Waals surface area contributed by atoms with E-state index in [9.17, 15) is 14.7 Å². The van der Waals surface area contributed by atoms with Gasteiger partial charge in [0, 0.05) is 54.9 Å². The molecule has 0 radical (unpaired) electrons. The minimum Gasteiger partial charge on any atom is -0.506 e. The summed E-state index contributed by atoms with van der Waals surface area (Å²) in [7, 11) is 0. The lowest BCUT2D eigenvalue weighted by atomic mass is 10.1. The third-order valence-corrected chi connectivity index (χ3v) is 5.54. The van der Waals surface area contributed by atoms with Crippen molar-refractivity contribution in [2.45, 2.75) is 13.5 Å². The van der Waals surface area contributed by atoms with E-state index in [1.165, 1.54) is 19.1 Å². The molecule has 0 amide bonds. The van der Waals surface area contributed by atoms with Crippen molar-refractivity contribution >= 4 is 45.2 Å². The van der Waals surface area contributed by atoms with Crippen LogP contribution in [0.4, 0.5) is 5.69 Å². The quantitative estimate of drug-likeness (QED) is 0.395. The van der Waals surface area contributed by atoms with E-state index in [0.29, 0.717) is 31.0 Å². The largest absolute Gasteiger partial charge is 0.506 e. The van der Waals surface area contributed by atoms with Crippen LogP contribution >= 0.6 is 27.5 Å². The first-order valence-electron chi connectivity index (χ1n) is 10.0. The second-order valence-corrected chi connectivity index (χ2v) is 8.47. The Hall–Kier alpha value is -2.33. The van der Waals surface area contributed by atoms with Crippen molar-refractivity contribution in [3.05, 3.63) is 51.0 Å². The van der Waals surface area contributed by atoms with Crippen molar-refractivity contribution in [1.29, 1.82) is 0 Å². The summed E-state index contributed by atoms with van der Waals surface area (Å²) >= 11 is 9.35. The van der Waals surface area contributed by atoms with Crippen molar-refractivity contribution in [3.63, 3.8) is 0 Å². The molecule has 0 aromatic heterocycles. The predicted octanol–water partition coefficient (Wildman–Crippen LogP) is 3.83. The number of phenolic OH excluding ortho intramolecular Hbond substituents is 1. The zero-order valence-corrected chi connectivity index (χ0v) is 19.9. The molecule has 3 rings (SSSR count). The third-order valence-electron chi connectivity index (χ3n) is 4.79. The molecule has 1 fully saturated rings. The van der Waals surface area contributed by atoms with E-state index in [4.69, 9.17) is 25.8 Å².